The predicted octanol–water partition coefficient (Wildman–Crippen LogP) is 4.91. The number of likely N-dealkylation sites (N-methyl/N-ethyl adjacent to an activating group) is 1. The van der Waals surface area contributed by atoms with Gasteiger partial charge in [-0.3, -0.25) is 9.59 Å². The third-order valence-corrected chi connectivity index (χ3v) is 5.51. The van der Waals surface area contributed by atoms with Crippen molar-refractivity contribution in [2.24, 2.45) is 0 Å². The van der Waals surface area contributed by atoms with E-state index in [2.05, 4.69) is 29.4 Å². The number of para-hydroxylation sites is 2. The lowest BCUT2D eigenvalue weighted by atomic mass is 10.1. The first kappa shape index (κ1) is 26.7. The third kappa shape index (κ3) is 6.73. The summed E-state index contributed by atoms with van der Waals surface area (Å²) in [4.78, 5) is 27.7. The van der Waals surface area contributed by atoms with Crippen LogP contribution >= 0.6 is 12.4 Å². The lowest BCUT2D eigenvalue weighted by Gasteiger charge is -2.20. The Bertz CT molecular complexity index is 1130. The number of phenols is 2. The topological polar surface area (TPSA) is 102 Å². The molecule has 0 fully saturated rings. The molecule has 3 rings (SSSR count). The lowest BCUT2D eigenvalue weighted by Crippen LogP contribution is -2.25. The summed E-state index contributed by atoms with van der Waals surface area (Å²) in [5.74, 6) is -1.12. The third-order valence-electron chi connectivity index (χ3n) is 5.51. The van der Waals surface area contributed by atoms with Crippen LogP contribution in [-0.2, 0) is 6.42 Å². The van der Waals surface area contributed by atoms with E-state index >= 15 is 0 Å². The first-order valence-corrected chi connectivity index (χ1v) is 11.0. The molecule has 0 saturated carbocycles. The van der Waals surface area contributed by atoms with E-state index in [4.69, 9.17) is 0 Å². The summed E-state index contributed by atoms with van der Waals surface area (Å²) < 4.78 is 0. The maximum atomic E-state index is 12.8. The van der Waals surface area contributed by atoms with Crippen molar-refractivity contribution in [3.05, 3.63) is 83.4 Å². The molecular weight excluding hydrogens is 454 g/mol. The fraction of sp³-hybridized carbons (Fsp3) is 0.231. The highest BCUT2D eigenvalue weighted by Gasteiger charge is 2.16. The summed E-state index contributed by atoms with van der Waals surface area (Å²) in [7, 11) is 0. The fourth-order valence-corrected chi connectivity index (χ4v) is 3.53. The van der Waals surface area contributed by atoms with Crippen LogP contribution < -0.4 is 10.6 Å². The molecule has 0 radical (unpaired) electrons. The number of nitrogens with one attached hydrogen (secondary N) is 2. The Morgan fingerprint density at radius 3 is 1.85 bits per heavy atom. The van der Waals surface area contributed by atoms with Gasteiger partial charge in [-0.15, -0.1) is 12.4 Å². The molecular formula is C26H30ClN3O4. The molecule has 0 saturated heterocycles. The van der Waals surface area contributed by atoms with Gasteiger partial charge in [0.1, 0.15) is 11.5 Å². The summed E-state index contributed by atoms with van der Waals surface area (Å²) in [6, 6.07) is 17.9. The summed E-state index contributed by atoms with van der Waals surface area (Å²) in [6.45, 7) is 6.86. The molecule has 34 heavy (non-hydrogen) atoms. The van der Waals surface area contributed by atoms with Gasteiger partial charge in [0.25, 0.3) is 11.8 Å². The largest absolute Gasteiger partial charge is 0.507 e. The first-order chi connectivity index (χ1) is 15.9. The molecule has 0 bridgehead atoms. The molecule has 2 amide bonds. The molecule has 0 unspecified atom stereocenters. The van der Waals surface area contributed by atoms with Crippen LogP contribution in [-0.4, -0.2) is 46.6 Å². The Balaban J connectivity index is 0.00000408. The maximum Gasteiger partial charge on any atom is 0.259 e. The van der Waals surface area contributed by atoms with E-state index in [9.17, 15) is 19.8 Å². The van der Waals surface area contributed by atoms with Crippen LogP contribution in [0.2, 0.25) is 0 Å². The van der Waals surface area contributed by atoms with E-state index in [0.717, 1.165) is 25.2 Å². The van der Waals surface area contributed by atoms with Gasteiger partial charge in [-0.05, 0) is 61.5 Å². The standard InChI is InChI=1S/C26H29N3O4.ClH/c1-3-29(4-2)16-15-18-13-14-19(27-25(32)20-9-5-7-11-23(20)30)17-22(18)28-26(33)21-10-6-8-12-24(21)31;/h5-14,17,30-31H,3-4,15-16H2,1-2H3,(H,27,32)(H,28,33);1H. The van der Waals surface area contributed by atoms with Crippen molar-refractivity contribution >= 4 is 35.6 Å². The number of halogens is 1. The second kappa shape index (κ2) is 12.6. The molecule has 4 N–H and O–H groups in total. The average Bonchev–Trinajstić information content (AvgIpc) is 2.81. The normalized spacial score (nSPS) is 10.4. The smallest absolute Gasteiger partial charge is 0.259 e. The highest BCUT2D eigenvalue weighted by atomic mass is 35.5. The molecule has 0 aliphatic heterocycles. The molecule has 8 heteroatoms. The van der Waals surface area contributed by atoms with Crippen LogP contribution in [0.15, 0.2) is 66.7 Å². The number of hydrogen-bond acceptors (Lipinski definition) is 5. The molecule has 0 aliphatic rings. The Morgan fingerprint density at radius 1 is 0.794 bits per heavy atom. The zero-order valence-electron chi connectivity index (χ0n) is 19.2. The summed E-state index contributed by atoms with van der Waals surface area (Å²) in [6.07, 6.45) is 0.700. The SMILES string of the molecule is CCN(CC)CCc1ccc(NC(=O)c2ccccc2O)cc1NC(=O)c1ccccc1O.Cl. The summed E-state index contributed by atoms with van der Waals surface area (Å²) in [5.41, 5.74) is 2.25. The molecule has 0 spiro atoms. The van der Waals surface area contributed by atoms with Gasteiger partial charge in [-0.25, -0.2) is 0 Å². The Labute approximate surface area is 205 Å². The Kier molecular flexibility index (Phi) is 9.92. The molecule has 7 nitrogen and oxygen atoms in total. The minimum atomic E-state index is -0.457. The van der Waals surface area contributed by atoms with Crippen LogP contribution in [0.3, 0.4) is 0 Å². The van der Waals surface area contributed by atoms with Gasteiger partial charge in [0.15, 0.2) is 0 Å². The number of amides is 2. The van der Waals surface area contributed by atoms with Crippen molar-refractivity contribution in [1.82, 2.24) is 4.90 Å². The van der Waals surface area contributed by atoms with Crippen molar-refractivity contribution < 1.29 is 19.8 Å². The van der Waals surface area contributed by atoms with Crippen molar-refractivity contribution in [3.8, 4) is 11.5 Å². The molecule has 180 valence electrons. The lowest BCUT2D eigenvalue weighted by molar-refractivity contribution is 0.101. The van der Waals surface area contributed by atoms with Gasteiger partial charge in [0.05, 0.1) is 11.1 Å². The minimum absolute atomic E-state index is 0. The van der Waals surface area contributed by atoms with Crippen molar-refractivity contribution in [3.63, 3.8) is 0 Å². The molecule has 3 aromatic rings. The highest BCUT2D eigenvalue weighted by molar-refractivity contribution is 6.08. The van der Waals surface area contributed by atoms with E-state index < -0.39 is 11.8 Å². The molecule has 0 aromatic heterocycles. The fourth-order valence-electron chi connectivity index (χ4n) is 3.53. The number of aromatic hydroxyl groups is 2. The van der Waals surface area contributed by atoms with Gasteiger partial charge in [0.2, 0.25) is 0 Å². The van der Waals surface area contributed by atoms with E-state index in [1.165, 1.54) is 18.2 Å². The van der Waals surface area contributed by atoms with Crippen LogP contribution in [0, 0.1) is 0 Å². The molecule has 3 aromatic carbocycles. The number of nitrogens with zero attached hydrogens (tertiary/aromatic N) is 1. The number of rotatable bonds is 9. The van der Waals surface area contributed by atoms with Crippen LogP contribution in [0.1, 0.15) is 40.1 Å². The number of phenolic OH excluding ortho intramolecular Hbond substituents is 2. The monoisotopic (exact) mass is 483 g/mol. The van der Waals surface area contributed by atoms with Crippen molar-refractivity contribution in [1.29, 1.82) is 0 Å². The second-order valence-corrected chi connectivity index (χ2v) is 7.59. The second-order valence-electron chi connectivity index (χ2n) is 7.59. The van der Waals surface area contributed by atoms with Gasteiger partial charge < -0.3 is 25.7 Å². The maximum absolute atomic E-state index is 12.8. The quantitative estimate of drug-likeness (QED) is 0.346. The zero-order valence-corrected chi connectivity index (χ0v) is 20.1. The van der Waals surface area contributed by atoms with E-state index in [1.54, 1.807) is 42.5 Å². The minimum Gasteiger partial charge on any atom is -0.507 e. The van der Waals surface area contributed by atoms with Crippen LogP contribution in [0.5, 0.6) is 11.5 Å². The zero-order chi connectivity index (χ0) is 23.8. The Hall–Kier alpha value is -3.55. The van der Waals surface area contributed by atoms with E-state index in [1.807, 2.05) is 6.07 Å². The molecule has 0 atom stereocenters. The van der Waals surface area contributed by atoms with Crippen LogP contribution in [0.4, 0.5) is 11.4 Å². The predicted molar refractivity (Wildman–Crippen MR) is 137 cm³/mol. The number of carbonyl (C=O) groups excluding carboxylic acids is 2. The number of anilines is 2. The van der Waals surface area contributed by atoms with E-state index in [-0.39, 0.29) is 35.0 Å². The van der Waals surface area contributed by atoms with Gasteiger partial charge >= 0.3 is 0 Å². The molecule has 0 heterocycles. The van der Waals surface area contributed by atoms with Gasteiger partial charge in [-0.1, -0.05) is 44.2 Å². The van der Waals surface area contributed by atoms with Crippen molar-refractivity contribution in [2.45, 2.75) is 20.3 Å². The summed E-state index contributed by atoms with van der Waals surface area (Å²) in [5, 5.41) is 25.6. The average molecular weight is 484 g/mol. The van der Waals surface area contributed by atoms with Gasteiger partial charge in [-0.2, -0.15) is 0 Å². The van der Waals surface area contributed by atoms with E-state index in [0.29, 0.717) is 17.8 Å². The van der Waals surface area contributed by atoms with Crippen molar-refractivity contribution in [2.75, 3.05) is 30.3 Å². The highest BCUT2D eigenvalue weighted by Crippen LogP contribution is 2.26. The number of benzene rings is 3. The number of carbonyl (C=O) groups is 2. The molecule has 0 aliphatic carbocycles. The Morgan fingerprint density at radius 2 is 1.32 bits per heavy atom. The van der Waals surface area contributed by atoms with Gasteiger partial charge in [0, 0.05) is 17.9 Å². The first-order valence-electron chi connectivity index (χ1n) is 11.0. The number of hydrogen-bond donors (Lipinski definition) is 4. The van der Waals surface area contributed by atoms with Crippen LogP contribution in [0.25, 0.3) is 0 Å². The summed E-state index contributed by atoms with van der Waals surface area (Å²) >= 11 is 0.